The first-order valence-corrected chi connectivity index (χ1v) is 11.0. The second-order valence-electron chi connectivity index (χ2n) is 7.49. The van der Waals surface area contributed by atoms with Crippen molar-refractivity contribution in [1.82, 2.24) is 9.62 Å². The van der Waals surface area contributed by atoms with Gasteiger partial charge >= 0.3 is 0 Å². The van der Waals surface area contributed by atoms with Crippen LogP contribution in [0.4, 0.5) is 5.69 Å². The van der Waals surface area contributed by atoms with E-state index in [0.717, 1.165) is 37.4 Å². The number of nitrogens with zero attached hydrogens (tertiary/aromatic N) is 2. The topological polar surface area (TPSA) is 61.9 Å². The molecule has 2 bridgehead atoms. The number of piperidine rings is 1. The molecule has 6 nitrogen and oxygen atoms in total. The van der Waals surface area contributed by atoms with E-state index in [4.69, 9.17) is 4.74 Å². The molecule has 3 atom stereocenters. The molecular weight excluding hydrogens is 338 g/mol. The van der Waals surface area contributed by atoms with Crippen LogP contribution in [0.15, 0.2) is 24.3 Å². The van der Waals surface area contributed by atoms with Gasteiger partial charge in [0.2, 0.25) is 10.0 Å². The van der Waals surface area contributed by atoms with Crippen LogP contribution < -0.4 is 15.0 Å². The summed E-state index contributed by atoms with van der Waals surface area (Å²) in [6, 6.07) is 9.52. The van der Waals surface area contributed by atoms with Crippen molar-refractivity contribution in [2.75, 3.05) is 37.3 Å². The summed E-state index contributed by atoms with van der Waals surface area (Å²) >= 11 is 0. The van der Waals surface area contributed by atoms with Crippen LogP contribution in [0, 0.1) is 0 Å². The fraction of sp³-hybridized carbons (Fsp3) is 0.667. The van der Waals surface area contributed by atoms with E-state index in [1.807, 2.05) is 12.1 Å². The minimum Gasteiger partial charge on any atom is -0.490 e. The lowest BCUT2D eigenvalue weighted by Gasteiger charge is -2.35. The molecule has 0 aromatic heterocycles. The van der Waals surface area contributed by atoms with Gasteiger partial charge in [-0.2, -0.15) is 4.31 Å². The first kappa shape index (κ1) is 17.1. The minimum atomic E-state index is -3.08. The highest BCUT2D eigenvalue weighted by Crippen LogP contribution is 2.30. The third kappa shape index (κ3) is 3.93. The highest BCUT2D eigenvalue weighted by atomic mass is 32.2. The van der Waals surface area contributed by atoms with Crippen molar-refractivity contribution >= 4 is 15.7 Å². The van der Waals surface area contributed by atoms with Gasteiger partial charge in [-0.05, 0) is 49.9 Å². The Hall–Kier alpha value is -1.31. The van der Waals surface area contributed by atoms with E-state index >= 15 is 0 Å². The molecule has 0 aliphatic carbocycles. The summed E-state index contributed by atoms with van der Waals surface area (Å²) < 4.78 is 30.9. The van der Waals surface area contributed by atoms with Gasteiger partial charge in [-0.3, -0.25) is 0 Å². The van der Waals surface area contributed by atoms with E-state index in [0.29, 0.717) is 31.3 Å². The number of nitrogens with one attached hydrogen (secondary N) is 1. The Morgan fingerprint density at radius 3 is 2.16 bits per heavy atom. The predicted octanol–water partition coefficient (Wildman–Crippen LogP) is 1.43. The molecule has 0 radical (unpaired) electrons. The molecule has 3 saturated heterocycles. The number of benzene rings is 1. The number of hydrogen-bond acceptors (Lipinski definition) is 5. The Balaban J connectivity index is 1.33. The molecule has 3 aliphatic rings. The predicted molar refractivity (Wildman–Crippen MR) is 98.7 cm³/mol. The summed E-state index contributed by atoms with van der Waals surface area (Å²) in [4.78, 5) is 2.23. The van der Waals surface area contributed by atoms with Crippen LogP contribution in [0.5, 0.6) is 5.75 Å². The fourth-order valence-corrected chi connectivity index (χ4v) is 5.13. The quantitative estimate of drug-likeness (QED) is 0.875. The lowest BCUT2D eigenvalue weighted by molar-refractivity contribution is 0.137. The van der Waals surface area contributed by atoms with Gasteiger partial charge in [0, 0.05) is 44.0 Å². The Labute approximate surface area is 150 Å². The van der Waals surface area contributed by atoms with Gasteiger partial charge in [0.05, 0.1) is 6.26 Å². The lowest BCUT2D eigenvalue weighted by Crippen LogP contribution is -2.48. The van der Waals surface area contributed by atoms with Crippen LogP contribution in [0.3, 0.4) is 0 Å². The van der Waals surface area contributed by atoms with E-state index in [2.05, 4.69) is 22.3 Å². The van der Waals surface area contributed by atoms with E-state index in [-0.39, 0.29) is 0 Å². The molecule has 25 heavy (non-hydrogen) atoms. The summed E-state index contributed by atoms with van der Waals surface area (Å²) in [5.41, 5.74) is 1.13. The van der Waals surface area contributed by atoms with Crippen molar-refractivity contribution in [3.8, 4) is 5.75 Å². The van der Waals surface area contributed by atoms with Gasteiger partial charge in [-0.25, -0.2) is 8.42 Å². The Morgan fingerprint density at radius 2 is 1.60 bits per heavy atom. The molecule has 4 rings (SSSR count). The zero-order valence-electron chi connectivity index (χ0n) is 14.7. The number of rotatable bonds is 4. The number of piperazine rings is 1. The van der Waals surface area contributed by atoms with Gasteiger partial charge in [0.25, 0.3) is 0 Å². The highest BCUT2D eigenvalue weighted by molar-refractivity contribution is 7.88. The van der Waals surface area contributed by atoms with Crippen molar-refractivity contribution in [3.63, 3.8) is 0 Å². The standard InChI is InChI=1S/C18H27N3O3S/c1-25(22,23)21-10-8-20(9-11-21)16-4-6-17(7-5-16)24-18-12-14-2-3-15(13-18)19-14/h4-7,14-15,18-19H,2-3,8-13H2,1H3/t14-,15+,18+. The third-order valence-corrected chi connectivity index (χ3v) is 6.95. The molecule has 138 valence electrons. The van der Waals surface area contributed by atoms with Crippen molar-refractivity contribution < 1.29 is 13.2 Å². The van der Waals surface area contributed by atoms with Crippen LogP contribution in [0.2, 0.25) is 0 Å². The molecule has 1 aromatic carbocycles. The van der Waals surface area contributed by atoms with Gasteiger partial charge < -0.3 is 15.0 Å². The third-order valence-electron chi connectivity index (χ3n) is 5.64. The molecule has 0 amide bonds. The van der Waals surface area contributed by atoms with Crippen LogP contribution in [0.25, 0.3) is 0 Å². The summed E-state index contributed by atoms with van der Waals surface area (Å²) in [6.07, 6.45) is 6.37. The Bertz CT molecular complexity index is 687. The second-order valence-corrected chi connectivity index (χ2v) is 9.47. The van der Waals surface area contributed by atoms with Crippen LogP contribution >= 0.6 is 0 Å². The van der Waals surface area contributed by atoms with Crippen LogP contribution in [-0.4, -0.2) is 63.3 Å². The van der Waals surface area contributed by atoms with E-state index in [9.17, 15) is 8.42 Å². The lowest BCUT2D eigenvalue weighted by atomic mass is 10.0. The Kier molecular flexibility index (Phi) is 4.64. The van der Waals surface area contributed by atoms with E-state index in [1.165, 1.54) is 19.1 Å². The average molecular weight is 365 g/mol. The normalized spacial score (nSPS) is 30.4. The average Bonchev–Trinajstić information content (AvgIpc) is 2.93. The molecule has 1 N–H and O–H groups in total. The summed E-state index contributed by atoms with van der Waals surface area (Å²) in [7, 11) is -3.08. The monoisotopic (exact) mass is 365 g/mol. The van der Waals surface area contributed by atoms with Crippen molar-refractivity contribution in [2.45, 2.75) is 43.9 Å². The van der Waals surface area contributed by atoms with E-state index < -0.39 is 10.0 Å². The van der Waals surface area contributed by atoms with E-state index in [1.54, 1.807) is 4.31 Å². The first-order valence-electron chi connectivity index (χ1n) is 9.20. The number of ether oxygens (including phenoxy) is 1. The maximum atomic E-state index is 11.6. The maximum absolute atomic E-state index is 11.6. The molecule has 3 heterocycles. The zero-order valence-corrected chi connectivity index (χ0v) is 15.5. The maximum Gasteiger partial charge on any atom is 0.211 e. The summed E-state index contributed by atoms with van der Waals surface area (Å²) in [5, 5.41) is 3.64. The molecule has 7 heteroatoms. The van der Waals surface area contributed by atoms with Gasteiger partial charge in [0.15, 0.2) is 0 Å². The van der Waals surface area contributed by atoms with Crippen molar-refractivity contribution in [1.29, 1.82) is 0 Å². The van der Waals surface area contributed by atoms with Crippen molar-refractivity contribution in [2.24, 2.45) is 0 Å². The number of fused-ring (bicyclic) bond motifs is 2. The smallest absolute Gasteiger partial charge is 0.211 e. The molecular formula is C18H27N3O3S. The van der Waals surface area contributed by atoms with Gasteiger partial charge in [0.1, 0.15) is 11.9 Å². The van der Waals surface area contributed by atoms with Crippen LogP contribution in [0.1, 0.15) is 25.7 Å². The second kappa shape index (κ2) is 6.78. The van der Waals surface area contributed by atoms with Crippen molar-refractivity contribution in [3.05, 3.63) is 24.3 Å². The minimum absolute atomic E-state index is 0.322. The number of anilines is 1. The molecule has 3 fully saturated rings. The van der Waals surface area contributed by atoms with Gasteiger partial charge in [-0.1, -0.05) is 0 Å². The molecule has 0 saturated carbocycles. The molecule has 0 spiro atoms. The SMILES string of the molecule is CS(=O)(=O)N1CCN(c2ccc(O[C@H]3C[C@H]4CC[C@@H](C3)N4)cc2)CC1. The molecule has 1 aromatic rings. The highest BCUT2D eigenvalue weighted by Gasteiger charge is 2.34. The van der Waals surface area contributed by atoms with Gasteiger partial charge in [-0.15, -0.1) is 0 Å². The molecule has 0 unspecified atom stereocenters. The number of hydrogen-bond donors (Lipinski definition) is 1. The fourth-order valence-electron chi connectivity index (χ4n) is 4.31. The Morgan fingerprint density at radius 1 is 1.00 bits per heavy atom. The first-order chi connectivity index (χ1) is 12.0. The summed E-state index contributed by atoms with van der Waals surface area (Å²) in [5.74, 6) is 0.935. The number of sulfonamides is 1. The van der Waals surface area contributed by atoms with Crippen LogP contribution in [-0.2, 0) is 10.0 Å². The zero-order chi connectivity index (χ0) is 17.4. The molecule has 3 aliphatic heterocycles. The largest absolute Gasteiger partial charge is 0.490 e. The summed E-state index contributed by atoms with van der Waals surface area (Å²) in [6.45, 7) is 2.56.